The minimum absolute atomic E-state index is 0.0299. The molecule has 0 saturated carbocycles. The molecule has 82 valence electrons. The molecule has 2 rings (SSSR count). The Bertz CT molecular complexity index is 544. The van der Waals surface area contributed by atoms with Crippen LogP contribution in [0.25, 0.3) is 11.1 Å². The van der Waals surface area contributed by atoms with Crippen LogP contribution in [0.1, 0.15) is 5.56 Å². The summed E-state index contributed by atoms with van der Waals surface area (Å²) >= 11 is 5.56. The highest BCUT2D eigenvalue weighted by atomic mass is 35.5. The van der Waals surface area contributed by atoms with Gasteiger partial charge in [-0.05, 0) is 30.2 Å². The molecule has 2 aromatic heterocycles. The summed E-state index contributed by atoms with van der Waals surface area (Å²) < 4.78 is 13.5. The number of pyridine rings is 1. The van der Waals surface area contributed by atoms with Crippen molar-refractivity contribution < 1.29 is 4.39 Å². The molecule has 0 aromatic carbocycles. The van der Waals surface area contributed by atoms with E-state index in [4.69, 9.17) is 17.3 Å². The first-order chi connectivity index (χ1) is 7.58. The van der Waals surface area contributed by atoms with Crippen molar-refractivity contribution in [2.75, 3.05) is 5.73 Å². The maximum absolute atomic E-state index is 13.5. The predicted molar refractivity (Wildman–Crippen MR) is 59.4 cm³/mol. The van der Waals surface area contributed by atoms with E-state index in [-0.39, 0.29) is 16.7 Å². The summed E-state index contributed by atoms with van der Waals surface area (Å²) in [6.45, 7) is 1.81. The second kappa shape index (κ2) is 4.02. The highest BCUT2D eigenvalue weighted by molar-refractivity contribution is 6.28. The van der Waals surface area contributed by atoms with Gasteiger partial charge in [-0.1, -0.05) is 0 Å². The van der Waals surface area contributed by atoms with Crippen molar-refractivity contribution in [1.82, 2.24) is 15.0 Å². The standard InChI is InChI=1S/C10H8ClFN4/c1-5-2-6(8(12)14-3-5)7-4-15-10(11)16-9(7)13/h2-4H,1H3,(H2,13,15,16). The minimum atomic E-state index is -0.608. The molecule has 0 bridgehead atoms. The summed E-state index contributed by atoms with van der Waals surface area (Å²) in [5.74, 6) is -0.477. The number of aryl methyl sites for hydroxylation is 1. The lowest BCUT2D eigenvalue weighted by Gasteiger charge is -2.06. The summed E-state index contributed by atoms with van der Waals surface area (Å²) in [6, 6.07) is 1.63. The van der Waals surface area contributed by atoms with Gasteiger partial charge in [0.25, 0.3) is 0 Å². The lowest BCUT2D eigenvalue weighted by Crippen LogP contribution is -1.99. The third-order valence-corrected chi connectivity index (χ3v) is 2.24. The molecule has 0 aliphatic carbocycles. The summed E-state index contributed by atoms with van der Waals surface area (Å²) in [4.78, 5) is 11.1. The van der Waals surface area contributed by atoms with Crippen molar-refractivity contribution in [1.29, 1.82) is 0 Å². The maximum Gasteiger partial charge on any atom is 0.224 e. The zero-order valence-electron chi connectivity index (χ0n) is 8.41. The molecular weight excluding hydrogens is 231 g/mol. The van der Waals surface area contributed by atoms with Crippen LogP contribution < -0.4 is 5.73 Å². The van der Waals surface area contributed by atoms with E-state index >= 15 is 0 Å². The van der Waals surface area contributed by atoms with Gasteiger partial charge in [-0.3, -0.25) is 0 Å². The molecule has 2 N–H and O–H groups in total. The fourth-order valence-corrected chi connectivity index (χ4v) is 1.46. The molecular formula is C10H8ClFN4. The van der Waals surface area contributed by atoms with Crippen LogP contribution in [-0.2, 0) is 0 Å². The monoisotopic (exact) mass is 238 g/mol. The Morgan fingerprint density at radius 3 is 2.69 bits per heavy atom. The molecule has 0 radical (unpaired) electrons. The molecule has 0 saturated heterocycles. The number of hydrogen-bond acceptors (Lipinski definition) is 4. The van der Waals surface area contributed by atoms with Crippen LogP contribution in [-0.4, -0.2) is 15.0 Å². The van der Waals surface area contributed by atoms with Gasteiger partial charge in [0.1, 0.15) is 5.82 Å². The van der Waals surface area contributed by atoms with Gasteiger partial charge in [0.05, 0.1) is 0 Å². The third kappa shape index (κ3) is 1.94. The highest BCUT2D eigenvalue weighted by Crippen LogP contribution is 2.26. The Morgan fingerprint density at radius 2 is 2.00 bits per heavy atom. The fraction of sp³-hybridized carbons (Fsp3) is 0.100. The fourth-order valence-electron chi connectivity index (χ4n) is 1.32. The van der Waals surface area contributed by atoms with Gasteiger partial charge in [0.2, 0.25) is 11.2 Å². The van der Waals surface area contributed by atoms with E-state index in [0.29, 0.717) is 5.56 Å². The van der Waals surface area contributed by atoms with Gasteiger partial charge in [-0.2, -0.15) is 4.39 Å². The van der Waals surface area contributed by atoms with Crippen LogP contribution in [0, 0.1) is 12.9 Å². The zero-order chi connectivity index (χ0) is 11.7. The van der Waals surface area contributed by atoms with E-state index in [1.54, 1.807) is 6.07 Å². The van der Waals surface area contributed by atoms with Crippen molar-refractivity contribution in [3.05, 3.63) is 35.3 Å². The zero-order valence-corrected chi connectivity index (χ0v) is 9.16. The van der Waals surface area contributed by atoms with E-state index in [0.717, 1.165) is 5.56 Å². The van der Waals surface area contributed by atoms with Crippen molar-refractivity contribution >= 4 is 17.4 Å². The van der Waals surface area contributed by atoms with Gasteiger partial charge in [0.15, 0.2) is 0 Å². The molecule has 0 aliphatic heterocycles. The van der Waals surface area contributed by atoms with Gasteiger partial charge in [-0.15, -0.1) is 0 Å². The topological polar surface area (TPSA) is 64.7 Å². The van der Waals surface area contributed by atoms with E-state index in [1.807, 2.05) is 6.92 Å². The molecule has 0 amide bonds. The SMILES string of the molecule is Cc1cnc(F)c(-c2cnc(Cl)nc2N)c1. The lowest BCUT2D eigenvalue weighted by molar-refractivity contribution is 0.586. The lowest BCUT2D eigenvalue weighted by atomic mass is 10.1. The summed E-state index contributed by atoms with van der Waals surface area (Å²) in [6.07, 6.45) is 2.82. The number of aromatic nitrogens is 3. The Kier molecular flexibility index (Phi) is 2.70. The second-order valence-electron chi connectivity index (χ2n) is 3.29. The Hall–Kier alpha value is -1.75. The molecule has 2 aromatic rings. The van der Waals surface area contributed by atoms with Crippen LogP contribution in [0.2, 0.25) is 5.28 Å². The largest absolute Gasteiger partial charge is 0.383 e. The molecule has 2 heterocycles. The smallest absolute Gasteiger partial charge is 0.224 e. The van der Waals surface area contributed by atoms with E-state index in [1.165, 1.54) is 12.4 Å². The summed E-state index contributed by atoms with van der Waals surface area (Å²) in [5, 5.41) is 0.0299. The Balaban J connectivity index is 2.62. The number of nitrogen functional groups attached to an aromatic ring is 1. The average Bonchev–Trinajstić information content (AvgIpc) is 2.22. The molecule has 0 aliphatic rings. The van der Waals surface area contributed by atoms with Gasteiger partial charge in [-0.25, -0.2) is 15.0 Å². The molecule has 6 heteroatoms. The van der Waals surface area contributed by atoms with Crippen molar-refractivity contribution in [2.24, 2.45) is 0 Å². The van der Waals surface area contributed by atoms with Crippen LogP contribution in [0.4, 0.5) is 10.2 Å². The second-order valence-corrected chi connectivity index (χ2v) is 3.63. The first kappa shape index (κ1) is 10.8. The summed E-state index contributed by atoms with van der Waals surface area (Å²) in [5.41, 5.74) is 7.13. The number of hydrogen-bond donors (Lipinski definition) is 1. The average molecular weight is 239 g/mol. The molecule has 0 fully saturated rings. The predicted octanol–water partition coefficient (Wildman–Crippen LogP) is 2.22. The number of nitrogens with two attached hydrogens (primary N) is 1. The van der Waals surface area contributed by atoms with Crippen molar-refractivity contribution in [3.8, 4) is 11.1 Å². The minimum Gasteiger partial charge on any atom is -0.383 e. The van der Waals surface area contributed by atoms with Gasteiger partial charge >= 0.3 is 0 Å². The van der Waals surface area contributed by atoms with Crippen LogP contribution in [0.3, 0.4) is 0 Å². The maximum atomic E-state index is 13.5. The van der Waals surface area contributed by atoms with E-state index in [9.17, 15) is 4.39 Å². The van der Waals surface area contributed by atoms with Crippen molar-refractivity contribution in [3.63, 3.8) is 0 Å². The molecule has 0 spiro atoms. The quantitative estimate of drug-likeness (QED) is 0.611. The number of nitrogens with zero attached hydrogens (tertiary/aromatic N) is 3. The third-order valence-electron chi connectivity index (χ3n) is 2.05. The summed E-state index contributed by atoms with van der Waals surface area (Å²) in [7, 11) is 0. The highest BCUT2D eigenvalue weighted by Gasteiger charge is 2.11. The van der Waals surface area contributed by atoms with Gasteiger partial charge < -0.3 is 5.73 Å². The number of anilines is 1. The number of halogens is 2. The first-order valence-electron chi connectivity index (χ1n) is 4.48. The van der Waals surface area contributed by atoms with E-state index in [2.05, 4.69) is 15.0 Å². The normalized spacial score (nSPS) is 10.4. The van der Waals surface area contributed by atoms with E-state index < -0.39 is 5.95 Å². The molecule has 0 unspecified atom stereocenters. The number of rotatable bonds is 1. The Morgan fingerprint density at radius 1 is 1.25 bits per heavy atom. The van der Waals surface area contributed by atoms with Gasteiger partial charge in [0, 0.05) is 23.5 Å². The van der Waals surface area contributed by atoms with Crippen LogP contribution in [0.15, 0.2) is 18.5 Å². The van der Waals surface area contributed by atoms with Crippen molar-refractivity contribution in [2.45, 2.75) is 6.92 Å². The van der Waals surface area contributed by atoms with Crippen LogP contribution >= 0.6 is 11.6 Å². The first-order valence-corrected chi connectivity index (χ1v) is 4.86. The molecule has 4 nitrogen and oxygen atoms in total. The van der Waals surface area contributed by atoms with Crippen LogP contribution in [0.5, 0.6) is 0 Å². The molecule has 16 heavy (non-hydrogen) atoms. The molecule has 0 atom stereocenters. The Labute approximate surface area is 96.3 Å².